The minimum Gasteiger partial charge on any atom is -0.370 e. The van der Waals surface area contributed by atoms with Gasteiger partial charge < -0.3 is 39.7 Å². The Bertz CT molecular complexity index is 3720. The molecule has 9 heterocycles. The average Bonchev–Trinajstić information content (AvgIpc) is 1.63. The summed E-state index contributed by atoms with van der Waals surface area (Å²) in [6.07, 6.45) is 12.5. The standard InChI is InChI=1S/C66H82FN13O6/c1-39(2)69-61(82)47-35-51(49(67)31-41(47)5)71-60-58-52(68-38-78(58)40(3)4)36-50(70-60)44-13-14-48-56(32-44)79(46-33-45(34-46)75-23-8-7-9-24-75)64(85)66(48)21-29-77(30-22-66)63(84)43-19-25-74(26-20-43)37-42-17-27-76(28-18-42)53-11-10-12-54-59(53)73(6)65(86)80(54)55-15-16-57(81)72-62(55)83/h10-14,31-32,35-36,38-40,42-43,45-46,55H,7-9,15-30,33-34,37H2,1-6H3,(H,69,82)(H,70,71)(H,72,81,83). The number of hydrogen-bond acceptors (Lipinski definition) is 12. The summed E-state index contributed by atoms with van der Waals surface area (Å²) in [5.74, 6) is -0.348. The molecular weight excluding hydrogens is 1090 g/mol. The molecule has 454 valence electrons. The summed E-state index contributed by atoms with van der Waals surface area (Å²) in [6.45, 7) is 17.3. The third-order valence-corrected chi connectivity index (χ3v) is 20.3. The number of anilines is 4. The summed E-state index contributed by atoms with van der Waals surface area (Å²) in [4.78, 5) is 103. The van der Waals surface area contributed by atoms with Crippen molar-refractivity contribution >= 4 is 74.5 Å². The molecule has 1 spiro atoms. The van der Waals surface area contributed by atoms with Crippen LogP contribution in [0.15, 0.2) is 65.7 Å². The Hall–Kier alpha value is -7.45. The number of nitrogens with one attached hydrogen (secondary N) is 3. The van der Waals surface area contributed by atoms with Crippen molar-refractivity contribution in [1.29, 1.82) is 0 Å². The minimum absolute atomic E-state index is 0.0191. The molecule has 1 atom stereocenters. The number of aromatic nitrogens is 5. The number of likely N-dealkylation sites (tertiary alicyclic amines) is 3. The number of rotatable bonds is 13. The molecule has 0 radical (unpaired) electrons. The quantitative estimate of drug-likeness (QED) is 0.0935. The van der Waals surface area contributed by atoms with E-state index in [-0.39, 0.29) is 65.5 Å². The van der Waals surface area contributed by atoms with Gasteiger partial charge in [-0.2, -0.15) is 0 Å². The maximum Gasteiger partial charge on any atom is 0.329 e. The van der Waals surface area contributed by atoms with Crippen LogP contribution in [0.1, 0.15) is 145 Å². The van der Waals surface area contributed by atoms with E-state index in [0.717, 1.165) is 112 Å². The number of piperidine rings is 5. The molecule has 6 fully saturated rings. The van der Waals surface area contributed by atoms with Gasteiger partial charge in [-0.15, -0.1) is 0 Å². The number of hydrogen-bond donors (Lipinski definition) is 3. The molecule has 6 aliphatic heterocycles. The molecule has 3 aromatic heterocycles. The first-order chi connectivity index (χ1) is 41.4. The van der Waals surface area contributed by atoms with Gasteiger partial charge in [-0.3, -0.25) is 38.4 Å². The predicted octanol–water partition coefficient (Wildman–Crippen LogP) is 8.49. The number of para-hydroxylation sites is 1. The topological polar surface area (TPSA) is 195 Å². The summed E-state index contributed by atoms with van der Waals surface area (Å²) >= 11 is 0. The van der Waals surface area contributed by atoms with Gasteiger partial charge >= 0.3 is 5.69 Å². The van der Waals surface area contributed by atoms with Gasteiger partial charge in [0.15, 0.2) is 5.82 Å². The number of imidazole rings is 2. The molecule has 3 N–H and O–H groups in total. The van der Waals surface area contributed by atoms with Crippen LogP contribution in [0.25, 0.3) is 33.3 Å². The highest BCUT2D eigenvalue weighted by Gasteiger charge is 2.56. The molecule has 86 heavy (non-hydrogen) atoms. The lowest BCUT2D eigenvalue weighted by atomic mass is 9.73. The summed E-state index contributed by atoms with van der Waals surface area (Å²) in [6, 6.07) is 16.8. The van der Waals surface area contributed by atoms with Crippen molar-refractivity contribution < 1.29 is 28.4 Å². The van der Waals surface area contributed by atoms with Crippen LogP contribution in [0.5, 0.6) is 0 Å². The van der Waals surface area contributed by atoms with Crippen LogP contribution in [0.3, 0.4) is 0 Å². The van der Waals surface area contributed by atoms with E-state index in [4.69, 9.17) is 9.97 Å². The van der Waals surface area contributed by atoms with Gasteiger partial charge in [0, 0.05) is 93.1 Å². The first kappa shape index (κ1) is 57.6. The van der Waals surface area contributed by atoms with E-state index in [0.29, 0.717) is 83.5 Å². The Morgan fingerprint density at radius 1 is 0.814 bits per heavy atom. The lowest BCUT2D eigenvalue weighted by Crippen LogP contribution is -2.58. The second-order valence-electron chi connectivity index (χ2n) is 26.4. The third kappa shape index (κ3) is 10.3. The van der Waals surface area contributed by atoms with E-state index in [9.17, 15) is 24.0 Å². The zero-order valence-corrected chi connectivity index (χ0v) is 50.7. The Balaban J connectivity index is 0.689. The number of imide groups is 1. The molecule has 1 aliphatic carbocycles. The number of carbonyl (C=O) groups excluding carboxylic acids is 5. The normalized spacial score (nSPS) is 22.6. The highest BCUT2D eigenvalue weighted by atomic mass is 19.1. The minimum atomic E-state index is -0.757. The van der Waals surface area contributed by atoms with Crippen LogP contribution in [0.4, 0.5) is 27.3 Å². The lowest BCUT2D eigenvalue weighted by Gasteiger charge is -2.48. The molecule has 6 aromatic rings. The van der Waals surface area contributed by atoms with E-state index >= 15 is 9.18 Å². The SMILES string of the molecule is Cc1cc(F)c(Nc2nc(-c3ccc4c(c3)N(C3CC(N5CCCCC5)C3)C(=O)C43CCN(C(=O)C4CCN(CC5CCN(c6cccc7c6n(C)c(=O)n7C6CCC(=O)NC6=O)CC5)CC4)CC3)cc3ncn(C(C)C)c23)cc1C(=O)NC(C)C. The molecule has 1 unspecified atom stereocenters. The molecule has 7 aliphatic rings. The van der Waals surface area contributed by atoms with Gasteiger partial charge in [0.05, 0.1) is 45.4 Å². The summed E-state index contributed by atoms with van der Waals surface area (Å²) in [5.41, 5.74) is 7.22. The Morgan fingerprint density at radius 3 is 2.27 bits per heavy atom. The average molecular weight is 1170 g/mol. The van der Waals surface area contributed by atoms with Gasteiger partial charge in [-0.25, -0.2) is 19.2 Å². The van der Waals surface area contributed by atoms with Crippen LogP contribution in [-0.2, 0) is 31.6 Å². The van der Waals surface area contributed by atoms with E-state index in [1.54, 1.807) is 35.5 Å². The first-order valence-corrected chi connectivity index (χ1v) is 31.7. The Labute approximate surface area is 501 Å². The number of nitrogens with zero attached hydrogens (tertiary/aromatic N) is 10. The summed E-state index contributed by atoms with van der Waals surface area (Å²) in [7, 11) is 1.76. The van der Waals surface area contributed by atoms with Gasteiger partial charge in [-0.1, -0.05) is 24.6 Å². The maximum absolute atomic E-state index is 16.0. The molecule has 5 saturated heterocycles. The van der Waals surface area contributed by atoms with Crippen LogP contribution in [-0.4, -0.2) is 145 Å². The highest BCUT2D eigenvalue weighted by molar-refractivity contribution is 6.10. The fourth-order valence-corrected chi connectivity index (χ4v) is 15.5. The zero-order chi connectivity index (χ0) is 59.9. The highest BCUT2D eigenvalue weighted by Crippen LogP contribution is 2.53. The number of pyridine rings is 1. The Morgan fingerprint density at radius 2 is 1.56 bits per heavy atom. The van der Waals surface area contributed by atoms with Gasteiger partial charge in [0.25, 0.3) is 5.91 Å². The number of amides is 5. The van der Waals surface area contributed by atoms with Crippen molar-refractivity contribution in [2.75, 3.05) is 74.0 Å². The van der Waals surface area contributed by atoms with Gasteiger partial charge in [0.2, 0.25) is 23.6 Å². The lowest BCUT2D eigenvalue weighted by molar-refractivity contribution is -0.140. The molecule has 0 bridgehead atoms. The second-order valence-corrected chi connectivity index (χ2v) is 26.4. The van der Waals surface area contributed by atoms with Crippen molar-refractivity contribution in [1.82, 2.24) is 49.0 Å². The summed E-state index contributed by atoms with van der Waals surface area (Å²) in [5, 5.41) is 8.64. The van der Waals surface area contributed by atoms with E-state index in [1.807, 2.05) is 41.5 Å². The van der Waals surface area contributed by atoms with Crippen LogP contribution in [0.2, 0.25) is 0 Å². The van der Waals surface area contributed by atoms with Crippen molar-refractivity contribution in [2.24, 2.45) is 18.9 Å². The molecule has 5 amide bonds. The number of carbonyl (C=O) groups is 5. The van der Waals surface area contributed by atoms with Crippen molar-refractivity contribution in [3.05, 3.63) is 93.9 Å². The van der Waals surface area contributed by atoms with E-state index < -0.39 is 23.2 Å². The largest absolute Gasteiger partial charge is 0.370 e. The van der Waals surface area contributed by atoms with Gasteiger partial charge in [-0.05, 0) is 185 Å². The van der Waals surface area contributed by atoms with Crippen LogP contribution < -0.4 is 31.4 Å². The smallest absolute Gasteiger partial charge is 0.329 e. The van der Waals surface area contributed by atoms with Crippen LogP contribution in [0, 0.1) is 24.6 Å². The Kier molecular flexibility index (Phi) is 15.4. The monoisotopic (exact) mass is 1170 g/mol. The van der Waals surface area contributed by atoms with Crippen molar-refractivity contribution in [3.8, 4) is 11.3 Å². The van der Waals surface area contributed by atoms with Crippen molar-refractivity contribution in [2.45, 2.75) is 154 Å². The second kappa shape index (κ2) is 23.0. The number of aryl methyl sites for hydroxylation is 2. The molecule has 20 heteroatoms. The fraction of sp³-hybridized carbons (Fsp3) is 0.545. The van der Waals surface area contributed by atoms with Crippen molar-refractivity contribution in [3.63, 3.8) is 0 Å². The van der Waals surface area contributed by atoms with E-state index in [2.05, 4.69) is 73.7 Å². The predicted molar refractivity (Wildman–Crippen MR) is 330 cm³/mol. The fourth-order valence-electron chi connectivity index (χ4n) is 15.5. The molecule has 13 rings (SSSR count). The molecule has 19 nitrogen and oxygen atoms in total. The molecular formula is C66H82FN13O6. The number of fused-ring (bicyclic) bond motifs is 4. The maximum atomic E-state index is 16.0. The first-order valence-electron chi connectivity index (χ1n) is 31.7. The molecule has 1 saturated carbocycles. The number of halogens is 1. The van der Waals surface area contributed by atoms with Gasteiger partial charge in [0.1, 0.15) is 17.4 Å². The van der Waals surface area contributed by atoms with E-state index in [1.165, 1.54) is 25.3 Å². The zero-order valence-electron chi connectivity index (χ0n) is 50.7. The number of benzene rings is 3. The molecule has 3 aromatic carbocycles. The van der Waals surface area contributed by atoms with Crippen LogP contribution >= 0.6 is 0 Å². The summed E-state index contributed by atoms with van der Waals surface area (Å²) < 4.78 is 21.2. The third-order valence-electron chi connectivity index (χ3n) is 20.3.